The van der Waals surface area contributed by atoms with E-state index in [-0.39, 0.29) is 12.5 Å². The second-order valence-corrected chi connectivity index (χ2v) is 9.41. The molecule has 8 nitrogen and oxygen atoms in total. The predicted octanol–water partition coefficient (Wildman–Crippen LogP) is 4.02. The molecular formula is C28H47N7O. The van der Waals surface area contributed by atoms with Crippen LogP contribution in [-0.2, 0) is 17.9 Å². The van der Waals surface area contributed by atoms with Gasteiger partial charge in [-0.25, -0.2) is 4.98 Å². The summed E-state index contributed by atoms with van der Waals surface area (Å²) in [7, 11) is 5.41. The molecule has 36 heavy (non-hydrogen) atoms. The molecule has 1 aliphatic rings. The van der Waals surface area contributed by atoms with E-state index in [0.29, 0.717) is 11.5 Å². The van der Waals surface area contributed by atoms with Gasteiger partial charge in [0.05, 0.1) is 17.9 Å². The van der Waals surface area contributed by atoms with Crippen molar-refractivity contribution in [1.82, 2.24) is 25.1 Å². The first-order valence-corrected chi connectivity index (χ1v) is 12.8. The minimum Gasteiger partial charge on any atom is -0.384 e. The molecule has 2 aromatic rings. The number of hydrogen-bond donors (Lipinski definition) is 3. The van der Waals surface area contributed by atoms with Gasteiger partial charge in [-0.15, -0.1) is 0 Å². The van der Waals surface area contributed by atoms with Crippen LogP contribution >= 0.6 is 0 Å². The van der Waals surface area contributed by atoms with Gasteiger partial charge in [-0.2, -0.15) is 0 Å². The number of carbonyl (C=O) groups is 1. The summed E-state index contributed by atoms with van der Waals surface area (Å²) in [5.41, 5.74) is 11.6. The highest BCUT2D eigenvalue weighted by Crippen LogP contribution is 2.29. The highest BCUT2D eigenvalue weighted by Gasteiger charge is 2.24. The number of carbonyl (C=O) groups excluding carboxylic acids is 1. The molecule has 0 bridgehead atoms. The van der Waals surface area contributed by atoms with Crippen molar-refractivity contribution in [3.05, 3.63) is 47.3 Å². The van der Waals surface area contributed by atoms with Crippen molar-refractivity contribution >= 4 is 17.4 Å². The molecule has 200 valence electrons. The van der Waals surface area contributed by atoms with Crippen molar-refractivity contribution in [2.24, 2.45) is 16.6 Å². The number of aliphatic imine (C=N–C) groups is 1. The summed E-state index contributed by atoms with van der Waals surface area (Å²) in [6.07, 6.45) is 1.03. The van der Waals surface area contributed by atoms with Crippen molar-refractivity contribution in [3.63, 3.8) is 0 Å². The maximum atomic E-state index is 11.7. The summed E-state index contributed by atoms with van der Waals surface area (Å²) in [5.74, 6) is 2.11. The quantitative estimate of drug-likeness (QED) is 0.413. The third-order valence-corrected chi connectivity index (χ3v) is 5.31. The number of nitrogens with zero attached hydrogens (tertiary/aromatic N) is 4. The number of hydrogen-bond acceptors (Lipinski definition) is 5. The molecule has 0 spiro atoms. The Kier molecular flexibility index (Phi) is 12.9. The van der Waals surface area contributed by atoms with Crippen molar-refractivity contribution in [2.75, 3.05) is 34.2 Å². The van der Waals surface area contributed by atoms with Crippen LogP contribution in [0.3, 0.4) is 0 Å². The smallest absolute Gasteiger partial charge is 0.239 e. The molecule has 0 atom stereocenters. The number of aryl methyl sites for hydroxylation is 1. The molecule has 1 aromatic carbocycles. The number of aromatic nitrogens is 2. The maximum absolute atomic E-state index is 11.7. The lowest BCUT2D eigenvalue weighted by molar-refractivity contribution is -0.119. The van der Waals surface area contributed by atoms with Gasteiger partial charge in [-0.3, -0.25) is 9.79 Å². The fraction of sp³-hybridized carbons (Fsp3) is 0.536. The van der Waals surface area contributed by atoms with Gasteiger partial charge in [0.1, 0.15) is 17.4 Å². The molecule has 8 heteroatoms. The SMILES string of the molecule is C=C(NCC(=O)NC)c1nc(-c2cc(C)cc(C(N)=NC)c2)n2c1CN(C)CCC2.CC.CC(C)C. The average Bonchev–Trinajstić information content (AvgIpc) is 3.08. The number of likely N-dealkylation sites (N-methyl/N-ethyl adjacent to an activating group) is 1. The van der Waals surface area contributed by atoms with Gasteiger partial charge < -0.3 is 25.8 Å². The minimum absolute atomic E-state index is 0.101. The fourth-order valence-electron chi connectivity index (χ4n) is 3.73. The Hall–Kier alpha value is -3.13. The summed E-state index contributed by atoms with van der Waals surface area (Å²) in [6.45, 7) is 19.5. The van der Waals surface area contributed by atoms with Gasteiger partial charge in [0.25, 0.3) is 0 Å². The number of imidazole rings is 1. The van der Waals surface area contributed by atoms with Crippen LogP contribution in [0.15, 0.2) is 29.8 Å². The maximum Gasteiger partial charge on any atom is 0.239 e. The van der Waals surface area contributed by atoms with E-state index in [1.807, 2.05) is 32.9 Å². The summed E-state index contributed by atoms with van der Waals surface area (Å²) in [6, 6.07) is 6.17. The van der Waals surface area contributed by atoms with Crippen LogP contribution in [0, 0.1) is 12.8 Å². The molecule has 0 saturated heterocycles. The van der Waals surface area contributed by atoms with Crippen LogP contribution in [0.5, 0.6) is 0 Å². The van der Waals surface area contributed by atoms with E-state index in [2.05, 4.69) is 65.6 Å². The molecule has 2 heterocycles. The lowest BCUT2D eigenvalue weighted by atomic mass is 10.1. The Balaban J connectivity index is 0.000000982. The van der Waals surface area contributed by atoms with Gasteiger partial charge in [0, 0.05) is 38.3 Å². The van der Waals surface area contributed by atoms with Gasteiger partial charge in [0.2, 0.25) is 5.91 Å². The first kappa shape index (κ1) is 30.9. The topological polar surface area (TPSA) is 101 Å². The molecule has 1 aromatic heterocycles. The second kappa shape index (κ2) is 15.1. The number of amides is 1. The van der Waals surface area contributed by atoms with E-state index < -0.39 is 0 Å². The third kappa shape index (κ3) is 8.82. The summed E-state index contributed by atoms with van der Waals surface area (Å²) in [5, 5.41) is 5.72. The highest BCUT2D eigenvalue weighted by atomic mass is 16.1. The molecule has 0 fully saturated rings. The average molecular weight is 498 g/mol. The molecule has 1 aliphatic heterocycles. The summed E-state index contributed by atoms with van der Waals surface area (Å²) in [4.78, 5) is 23.0. The Morgan fingerprint density at radius 3 is 2.44 bits per heavy atom. The number of fused-ring (bicyclic) bond motifs is 1. The zero-order chi connectivity index (χ0) is 27.4. The number of nitrogens with one attached hydrogen (secondary N) is 2. The molecule has 0 aliphatic carbocycles. The van der Waals surface area contributed by atoms with E-state index >= 15 is 0 Å². The van der Waals surface area contributed by atoms with E-state index in [9.17, 15) is 4.79 Å². The molecule has 4 N–H and O–H groups in total. The number of nitrogens with two attached hydrogens (primary N) is 1. The largest absolute Gasteiger partial charge is 0.384 e. The van der Waals surface area contributed by atoms with Crippen LogP contribution in [-0.4, -0.2) is 60.4 Å². The zero-order valence-electron chi connectivity index (χ0n) is 23.8. The lowest BCUT2D eigenvalue weighted by Crippen LogP contribution is -2.30. The molecule has 0 radical (unpaired) electrons. The van der Waals surface area contributed by atoms with E-state index in [4.69, 9.17) is 10.7 Å². The second-order valence-electron chi connectivity index (χ2n) is 9.41. The lowest BCUT2D eigenvalue weighted by Gasteiger charge is -2.14. The van der Waals surface area contributed by atoms with Gasteiger partial charge >= 0.3 is 0 Å². The molecule has 3 rings (SSSR count). The van der Waals surface area contributed by atoms with Gasteiger partial charge in [0.15, 0.2) is 0 Å². The van der Waals surface area contributed by atoms with Crippen LogP contribution < -0.4 is 16.4 Å². The Morgan fingerprint density at radius 2 is 1.86 bits per heavy atom. The highest BCUT2D eigenvalue weighted by molar-refractivity contribution is 5.98. The number of rotatable bonds is 6. The summed E-state index contributed by atoms with van der Waals surface area (Å²) >= 11 is 0. The summed E-state index contributed by atoms with van der Waals surface area (Å²) < 4.78 is 2.27. The van der Waals surface area contributed by atoms with E-state index in [0.717, 1.165) is 65.9 Å². The van der Waals surface area contributed by atoms with E-state index in [1.165, 1.54) is 0 Å². The fourth-order valence-corrected chi connectivity index (χ4v) is 3.73. The Morgan fingerprint density at radius 1 is 1.22 bits per heavy atom. The van der Waals surface area contributed by atoms with Crippen molar-refractivity contribution in [2.45, 2.75) is 61.1 Å². The predicted molar refractivity (Wildman–Crippen MR) is 153 cm³/mol. The monoisotopic (exact) mass is 497 g/mol. The Labute approximate surface area is 218 Å². The van der Waals surface area contributed by atoms with E-state index in [1.54, 1.807) is 14.1 Å². The molecular weight excluding hydrogens is 450 g/mol. The first-order chi connectivity index (χ1) is 17.1. The third-order valence-electron chi connectivity index (χ3n) is 5.31. The van der Waals surface area contributed by atoms with Gasteiger partial charge in [-0.05, 0) is 56.6 Å². The van der Waals surface area contributed by atoms with Crippen molar-refractivity contribution in [1.29, 1.82) is 0 Å². The van der Waals surface area contributed by atoms with Gasteiger partial charge in [-0.1, -0.05) is 41.2 Å². The van der Waals surface area contributed by atoms with Crippen LogP contribution in [0.2, 0.25) is 0 Å². The number of benzene rings is 1. The normalized spacial score (nSPS) is 13.4. The Bertz CT molecular complexity index is 1030. The number of amidine groups is 1. The van der Waals surface area contributed by atoms with Crippen LogP contribution in [0.25, 0.3) is 17.1 Å². The molecule has 1 amide bonds. The van der Waals surface area contributed by atoms with Crippen molar-refractivity contribution in [3.8, 4) is 11.4 Å². The van der Waals surface area contributed by atoms with Crippen LogP contribution in [0.1, 0.15) is 63.6 Å². The van der Waals surface area contributed by atoms with Crippen LogP contribution in [0.4, 0.5) is 0 Å². The standard InChI is InChI=1S/C22H31N7O.C4H10.C2H6/c1-14-9-16(21(23)25-4)11-17(10-14)22-27-20(15(2)26-12-19(30)24-3)18-13-28(5)7-6-8-29(18)22;1-4(2)3;1-2/h9-11,26H,2,6-8,12-13H2,1,3-5H3,(H2,23,25)(H,24,30);4H,1-3H3;1-2H3. The first-order valence-electron chi connectivity index (χ1n) is 12.8. The molecule has 0 saturated carbocycles. The van der Waals surface area contributed by atoms with Crippen molar-refractivity contribution < 1.29 is 4.79 Å². The molecule has 0 unspecified atom stereocenters. The zero-order valence-corrected chi connectivity index (χ0v) is 23.8. The minimum atomic E-state index is -0.101.